The smallest absolute Gasteiger partial charge is 0.311 e. The van der Waals surface area contributed by atoms with Crippen LogP contribution in [0.4, 0.5) is 0 Å². The molecule has 1 aliphatic rings. The molecule has 0 saturated heterocycles. The molecule has 2 aromatic rings. The van der Waals surface area contributed by atoms with Gasteiger partial charge in [0.15, 0.2) is 0 Å². The van der Waals surface area contributed by atoms with Gasteiger partial charge in [-0.05, 0) is 43.5 Å². The number of ether oxygens (including phenoxy) is 1. The van der Waals surface area contributed by atoms with Crippen LogP contribution in [0.5, 0.6) is 0 Å². The van der Waals surface area contributed by atoms with Crippen molar-refractivity contribution >= 4 is 23.3 Å². The molecule has 0 amide bonds. The lowest BCUT2D eigenvalue weighted by Crippen LogP contribution is -2.18. The highest BCUT2D eigenvalue weighted by atomic mass is 35.5. The monoisotopic (exact) mass is 386 g/mol. The largest absolute Gasteiger partial charge is 0.469 e. The van der Waals surface area contributed by atoms with Crippen LogP contribution in [-0.2, 0) is 23.0 Å². The van der Waals surface area contributed by atoms with Crippen LogP contribution in [0, 0.1) is 6.92 Å². The molecule has 1 saturated carbocycles. The lowest BCUT2D eigenvalue weighted by molar-refractivity contribution is -0.139. The zero-order chi connectivity index (χ0) is 19.4. The molecule has 4 nitrogen and oxygen atoms in total. The van der Waals surface area contributed by atoms with Crippen molar-refractivity contribution in [2.45, 2.75) is 51.5 Å². The molecule has 27 heavy (non-hydrogen) atoms. The van der Waals surface area contributed by atoms with Gasteiger partial charge in [0, 0.05) is 23.3 Å². The molecule has 144 valence electrons. The Labute approximate surface area is 166 Å². The van der Waals surface area contributed by atoms with Crippen molar-refractivity contribution in [3.63, 3.8) is 0 Å². The van der Waals surface area contributed by atoms with Gasteiger partial charge >= 0.3 is 5.97 Å². The Bertz CT molecular complexity index is 831. The lowest BCUT2D eigenvalue weighted by atomic mass is 9.95. The Morgan fingerprint density at radius 1 is 1.22 bits per heavy atom. The number of hydrogen-bond donors (Lipinski definition) is 0. The first-order valence-electron chi connectivity index (χ1n) is 9.55. The maximum Gasteiger partial charge on any atom is 0.311 e. The molecule has 3 rings (SSSR count). The van der Waals surface area contributed by atoms with Crippen LogP contribution in [0.15, 0.2) is 35.3 Å². The number of carbonyl (C=O) groups is 1. The van der Waals surface area contributed by atoms with Crippen LogP contribution in [0.3, 0.4) is 0 Å². The predicted molar refractivity (Wildman–Crippen MR) is 110 cm³/mol. The van der Waals surface area contributed by atoms with Gasteiger partial charge in [0.1, 0.15) is 0 Å². The van der Waals surface area contributed by atoms with Gasteiger partial charge in [-0.25, -0.2) is 0 Å². The predicted octanol–water partition coefficient (Wildman–Crippen LogP) is 4.87. The number of benzene rings is 1. The standard InChI is InChI=1S/C22H27ClN2O2/c1-15-13-19(14-20(26)27-3)25(2)22(15)21(16-9-11-17(23)12-10-16)24-18-7-5-4-6-8-18/h9-13,18H,4-8,14H2,1-3H3. The maximum absolute atomic E-state index is 11.8. The molecular weight excluding hydrogens is 360 g/mol. The summed E-state index contributed by atoms with van der Waals surface area (Å²) >= 11 is 6.10. The van der Waals surface area contributed by atoms with Gasteiger partial charge in [-0.1, -0.05) is 43.0 Å². The van der Waals surface area contributed by atoms with E-state index >= 15 is 0 Å². The summed E-state index contributed by atoms with van der Waals surface area (Å²) in [6, 6.07) is 10.3. The zero-order valence-corrected chi connectivity index (χ0v) is 17.1. The average Bonchev–Trinajstić information content (AvgIpc) is 2.94. The van der Waals surface area contributed by atoms with Gasteiger partial charge in [-0.2, -0.15) is 0 Å². The summed E-state index contributed by atoms with van der Waals surface area (Å²) in [7, 11) is 3.41. The van der Waals surface area contributed by atoms with Crippen molar-refractivity contribution in [2.75, 3.05) is 7.11 Å². The van der Waals surface area contributed by atoms with Gasteiger partial charge in [-0.15, -0.1) is 0 Å². The second-order valence-corrected chi connectivity index (χ2v) is 7.69. The summed E-state index contributed by atoms with van der Waals surface area (Å²) in [6.45, 7) is 2.07. The number of esters is 1. The molecular formula is C22H27ClN2O2. The van der Waals surface area contributed by atoms with Gasteiger partial charge in [0.25, 0.3) is 0 Å². The number of halogens is 1. The van der Waals surface area contributed by atoms with Gasteiger partial charge < -0.3 is 9.30 Å². The van der Waals surface area contributed by atoms with E-state index in [2.05, 4.69) is 17.6 Å². The van der Waals surface area contributed by atoms with E-state index in [9.17, 15) is 4.79 Å². The Morgan fingerprint density at radius 3 is 2.52 bits per heavy atom. The number of aryl methyl sites for hydroxylation is 1. The summed E-state index contributed by atoms with van der Waals surface area (Å²) in [5.41, 5.74) is 5.14. The molecule has 0 atom stereocenters. The Kier molecular flexibility index (Phi) is 6.38. The normalized spacial score (nSPS) is 15.8. The van der Waals surface area contributed by atoms with Crippen LogP contribution in [0.25, 0.3) is 0 Å². The Morgan fingerprint density at radius 2 is 1.89 bits per heavy atom. The van der Waals surface area contributed by atoms with E-state index < -0.39 is 0 Å². The molecule has 0 bridgehead atoms. The third kappa shape index (κ3) is 4.62. The van der Waals surface area contributed by atoms with Gasteiger partial charge in [-0.3, -0.25) is 9.79 Å². The molecule has 0 aliphatic heterocycles. The number of aromatic nitrogens is 1. The molecule has 0 spiro atoms. The average molecular weight is 387 g/mol. The molecule has 1 aliphatic carbocycles. The van der Waals surface area contributed by atoms with Crippen molar-refractivity contribution in [3.05, 3.63) is 57.9 Å². The molecule has 0 radical (unpaired) electrons. The Balaban J connectivity index is 2.06. The van der Waals surface area contributed by atoms with E-state index in [1.54, 1.807) is 0 Å². The van der Waals surface area contributed by atoms with Gasteiger partial charge in [0.2, 0.25) is 0 Å². The SMILES string of the molecule is COC(=O)Cc1cc(C)c(C(=NC2CCCCC2)c2ccc(Cl)cc2)n1C. The summed E-state index contributed by atoms with van der Waals surface area (Å²) in [5.74, 6) is -0.237. The third-order valence-corrected chi connectivity index (χ3v) is 5.56. The lowest BCUT2D eigenvalue weighted by Gasteiger charge is -2.20. The van der Waals surface area contributed by atoms with Crippen LogP contribution >= 0.6 is 11.6 Å². The van der Waals surface area contributed by atoms with E-state index in [1.807, 2.05) is 31.3 Å². The van der Waals surface area contributed by atoms with Crippen LogP contribution in [-0.4, -0.2) is 29.4 Å². The first-order chi connectivity index (χ1) is 13.0. The van der Waals surface area contributed by atoms with E-state index in [0.29, 0.717) is 11.1 Å². The van der Waals surface area contributed by atoms with E-state index in [4.69, 9.17) is 21.3 Å². The molecule has 0 unspecified atom stereocenters. The molecule has 1 aromatic heterocycles. The third-order valence-electron chi connectivity index (χ3n) is 5.30. The molecule has 0 N–H and O–H groups in total. The molecule has 1 heterocycles. The molecule has 5 heteroatoms. The van der Waals surface area contributed by atoms with Crippen LogP contribution in [0.1, 0.15) is 54.6 Å². The van der Waals surface area contributed by atoms with E-state index in [0.717, 1.165) is 41.1 Å². The van der Waals surface area contributed by atoms with Crippen LogP contribution in [0.2, 0.25) is 5.02 Å². The zero-order valence-electron chi connectivity index (χ0n) is 16.3. The highest BCUT2D eigenvalue weighted by Crippen LogP contribution is 2.25. The van der Waals surface area contributed by atoms with Crippen LogP contribution < -0.4 is 0 Å². The fraction of sp³-hybridized carbons (Fsp3) is 0.455. The number of nitrogens with zero attached hydrogens (tertiary/aromatic N) is 2. The number of carbonyl (C=O) groups excluding carboxylic acids is 1. The fourth-order valence-electron chi connectivity index (χ4n) is 3.83. The highest BCUT2D eigenvalue weighted by Gasteiger charge is 2.21. The summed E-state index contributed by atoms with van der Waals surface area (Å²) < 4.78 is 6.91. The highest BCUT2D eigenvalue weighted by molar-refractivity contribution is 6.30. The molecule has 1 fully saturated rings. The van der Waals surface area contributed by atoms with E-state index in [1.165, 1.54) is 26.4 Å². The maximum atomic E-state index is 11.8. The van der Waals surface area contributed by atoms with Crippen molar-refractivity contribution in [1.29, 1.82) is 0 Å². The minimum atomic E-state index is -0.237. The van der Waals surface area contributed by atoms with Crippen molar-refractivity contribution in [1.82, 2.24) is 4.57 Å². The van der Waals surface area contributed by atoms with Gasteiger partial charge in [0.05, 0.1) is 31.0 Å². The number of hydrogen-bond acceptors (Lipinski definition) is 3. The van der Waals surface area contributed by atoms with E-state index in [-0.39, 0.29) is 12.4 Å². The molecule has 1 aromatic carbocycles. The first kappa shape index (κ1) is 19.7. The second-order valence-electron chi connectivity index (χ2n) is 7.26. The second kappa shape index (κ2) is 8.75. The summed E-state index contributed by atoms with van der Waals surface area (Å²) in [6.07, 6.45) is 6.30. The number of rotatable bonds is 5. The number of aliphatic imine (C=N–C) groups is 1. The Hall–Kier alpha value is -2.07. The quantitative estimate of drug-likeness (QED) is 0.543. The van der Waals surface area contributed by atoms with Crippen molar-refractivity contribution in [3.8, 4) is 0 Å². The summed E-state index contributed by atoms with van der Waals surface area (Å²) in [5, 5.41) is 0.714. The topological polar surface area (TPSA) is 43.6 Å². The van der Waals surface area contributed by atoms with Crippen molar-refractivity contribution in [2.24, 2.45) is 12.0 Å². The fourth-order valence-corrected chi connectivity index (χ4v) is 3.96. The summed E-state index contributed by atoms with van der Waals surface area (Å²) in [4.78, 5) is 16.9. The first-order valence-corrected chi connectivity index (χ1v) is 9.93. The minimum Gasteiger partial charge on any atom is -0.469 e. The van der Waals surface area contributed by atoms with Crippen molar-refractivity contribution < 1.29 is 9.53 Å². The minimum absolute atomic E-state index is 0.237. The number of methoxy groups -OCH3 is 1.